The largest absolute Gasteiger partial charge is 0.461 e. The summed E-state index contributed by atoms with van der Waals surface area (Å²) in [6.07, 6.45) is -4.08. The highest BCUT2D eigenvalue weighted by Gasteiger charge is 2.57. The minimum Gasteiger partial charge on any atom is -0.461 e. The summed E-state index contributed by atoms with van der Waals surface area (Å²) in [5, 5.41) is 2.55. The number of anilines is 1. The van der Waals surface area contributed by atoms with Crippen LogP contribution in [-0.2, 0) is 28.5 Å². The molecule has 2 aromatic heterocycles. The lowest BCUT2D eigenvalue weighted by atomic mass is 10.1. The van der Waals surface area contributed by atoms with Gasteiger partial charge in [0.15, 0.2) is 17.7 Å². The van der Waals surface area contributed by atoms with Gasteiger partial charge in [-0.05, 0) is 40.5 Å². The van der Waals surface area contributed by atoms with Crippen LogP contribution < -0.4 is 21.5 Å². The molecule has 4 rings (SSSR count). The molecule has 1 amide bonds. The molecule has 0 saturated carbocycles. The Labute approximate surface area is 221 Å². The second-order valence-electron chi connectivity index (χ2n) is 11.0. The van der Waals surface area contributed by atoms with Crippen molar-refractivity contribution in [2.24, 2.45) is 5.92 Å². The molecule has 0 aliphatic carbocycles. The Morgan fingerprint density at radius 3 is 2.53 bits per heavy atom. The smallest absolute Gasteiger partial charge is 0.408 e. The molecule has 0 bridgehead atoms. The van der Waals surface area contributed by atoms with Crippen molar-refractivity contribution in [1.82, 2.24) is 19.9 Å². The molecule has 5 atom stereocenters. The number of rotatable bonds is 6. The predicted molar refractivity (Wildman–Crippen MR) is 136 cm³/mol. The minimum absolute atomic E-state index is 0.0531. The van der Waals surface area contributed by atoms with Gasteiger partial charge in [-0.15, -0.1) is 0 Å². The van der Waals surface area contributed by atoms with E-state index in [9.17, 15) is 19.2 Å². The molecule has 15 heteroatoms. The molecule has 14 nitrogen and oxygen atoms in total. The van der Waals surface area contributed by atoms with Crippen molar-refractivity contribution >= 4 is 39.7 Å². The van der Waals surface area contributed by atoms with Gasteiger partial charge in [0.1, 0.15) is 41.3 Å². The molecular formula is C23H33N5O9S. The van der Waals surface area contributed by atoms with Crippen molar-refractivity contribution in [3.63, 3.8) is 0 Å². The predicted octanol–water partition coefficient (Wildman–Crippen LogP) is 1.24. The third-order valence-electron chi connectivity index (χ3n) is 5.85. The van der Waals surface area contributed by atoms with E-state index in [1.165, 1.54) is 4.57 Å². The van der Waals surface area contributed by atoms with Crippen LogP contribution in [0.5, 0.6) is 0 Å². The third kappa shape index (κ3) is 5.70. The molecule has 0 spiro atoms. The molecule has 0 aromatic carbocycles. The van der Waals surface area contributed by atoms with Crippen LogP contribution in [0.2, 0.25) is 0 Å². The van der Waals surface area contributed by atoms with E-state index in [-0.39, 0.29) is 28.8 Å². The molecule has 4 N–H and O–H groups in total. The number of nitrogen functional groups attached to an aromatic ring is 1. The van der Waals surface area contributed by atoms with Crippen LogP contribution >= 0.6 is 11.3 Å². The SMILES string of the molecule is CC(C)[C@H](NC(=O)OC(C)(C)C)C(=O)OC[C@H]1O[C@@H](n2c(=O)sc3c(=O)[nH]c(N)nc32)[C@@H]2OC(C)(C)O[C@@H]21. The summed E-state index contributed by atoms with van der Waals surface area (Å²) >= 11 is 0.703. The Bertz CT molecular complexity index is 1340. The van der Waals surface area contributed by atoms with E-state index in [1.807, 2.05) is 0 Å². The Kier molecular flexibility index (Phi) is 7.33. The average Bonchev–Trinajstić information content (AvgIpc) is 3.36. The van der Waals surface area contributed by atoms with Crippen LogP contribution in [0.3, 0.4) is 0 Å². The lowest BCUT2D eigenvalue weighted by molar-refractivity contribution is -0.202. The van der Waals surface area contributed by atoms with E-state index in [4.69, 9.17) is 29.4 Å². The van der Waals surface area contributed by atoms with Crippen LogP contribution in [0, 0.1) is 5.92 Å². The van der Waals surface area contributed by atoms with Gasteiger partial charge in [-0.2, -0.15) is 4.98 Å². The zero-order valence-electron chi connectivity index (χ0n) is 22.2. The number of esters is 1. The molecular weight excluding hydrogens is 522 g/mol. The number of nitrogens with one attached hydrogen (secondary N) is 2. The van der Waals surface area contributed by atoms with Crippen molar-refractivity contribution < 1.29 is 33.3 Å². The molecule has 2 aromatic rings. The van der Waals surface area contributed by atoms with Crippen LogP contribution in [0.25, 0.3) is 10.3 Å². The first-order valence-electron chi connectivity index (χ1n) is 12.1. The van der Waals surface area contributed by atoms with Gasteiger partial charge in [0.25, 0.3) is 5.56 Å². The van der Waals surface area contributed by atoms with E-state index in [0.717, 1.165) is 0 Å². The summed E-state index contributed by atoms with van der Waals surface area (Å²) in [5.41, 5.74) is 4.48. The first-order chi connectivity index (χ1) is 17.6. The number of ether oxygens (including phenoxy) is 5. The fourth-order valence-corrected chi connectivity index (χ4v) is 5.20. The number of aromatic amines is 1. The quantitative estimate of drug-likeness (QED) is 0.435. The second-order valence-corrected chi connectivity index (χ2v) is 11.9. The van der Waals surface area contributed by atoms with E-state index in [2.05, 4.69) is 15.3 Å². The molecule has 2 aliphatic heterocycles. The van der Waals surface area contributed by atoms with Crippen molar-refractivity contribution in [3.8, 4) is 0 Å². The maximum absolute atomic E-state index is 12.9. The highest BCUT2D eigenvalue weighted by atomic mass is 32.1. The van der Waals surface area contributed by atoms with Crippen molar-refractivity contribution in [3.05, 3.63) is 20.0 Å². The van der Waals surface area contributed by atoms with E-state index >= 15 is 0 Å². The maximum atomic E-state index is 12.9. The normalized spacial score (nSPS) is 25.4. The number of H-pyrrole nitrogens is 1. The van der Waals surface area contributed by atoms with Crippen LogP contribution in [-0.4, -0.2) is 68.9 Å². The van der Waals surface area contributed by atoms with E-state index in [0.29, 0.717) is 11.3 Å². The number of carbonyl (C=O) groups excluding carboxylic acids is 2. The van der Waals surface area contributed by atoms with Crippen molar-refractivity contribution in [2.75, 3.05) is 12.3 Å². The van der Waals surface area contributed by atoms with Gasteiger partial charge in [0, 0.05) is 0 Å². The summed E-state index contributed by atoms with van der Waals surface area (Å²) in [7, 11) is 0. The van der Waals surface area contributed by atoms with Gasteiger partial charge in [0.2, 0.25) is 5.95 Å². The Hall–Kier alpha value is -3.01. The first-order valence-corrected chi connectivity index (χ1v) is 13.0. The Morgan fingerprint density at radius 1 is 1.24 bits per heavy atom. The fraction of sp³-hybridized carbons (Fsp3) is 0.696. The molecule has 2 aliphatic rings. The third-order valence-corrected chi connectivity index (χ3v) is 6.80. The first kappa shape index (κ1) is 28.0. The zero-order valence-corrected chi connectivity index (χ0v) is 23.0. The number of hydrogen-bond donors (Lipinski definition) is 3. The second kappa shape index (κ2) is 9.94. The summed E-state index contributed by atoms with van der Waals surface area (Å²) in [6, 6.07) is -0.975. The number of aromatic nitrogens is 3. The van der Waals surface area contributed by atoms with Crippen LogP contribution in [0.1, 0.15) is 54.7 Å². The van der Waals surface area contributed by atoms with Gasteiger partial charge < -0.3 is 34.7 Å². The number of thiazole rings is 1. The van der Waals surface area contributed by atoms with Crippen molar-refractivity contribution in [2.45, 2.75) is 90.4 Å². The zero-order chi connectivity index (χ0) is 28.2. The molecule has 210 valence electrons. The number of carbonyl (C=O) groups is 2. The topological polar surface area (TPSA) is 186 Å². The molecule has 2 saturated heterocycles. The highest BCUT2D eigenvalue weighted by molar-refractivity contribution is 7.16. The van der Waals surface area contributed by atoms with Gasteiger partial charge >= 0.3 is 16.9 Å². The number of hydrogen-bond acceptors (Lipinski definition) is 12. The maximum Gasteiger partial charge on any atom is 0.408 e. The molecule has 0 unspecified atom stereocenters. The highest BCUT2D eigenvalue weighted by Crippen LogP contribution is 2.43. The van der Waals surface area contributed by atoms with Crippen molar-refractivity contribution in [1.29, 1.82) is 0 Å². The summed E-state index contributed by atoms with van der Waals surface area (Å²) in [5.74, 6) is -2.16. The Morgan fingerprint density at radius 2 is 1.89 bits per heavy atom. The summed E-state index contributed by atoms with van der Waals surface area (Å²) in [6.45, 7) is 11.8. The molecule has 38 heavy (non-hydrogen) atoms. The summed E-state index contributed by atoms with van der Waals surface area (Å²) < 4.78 is 30.2. The fourth-order valence-electron chi connectivity index (χ4n) is 4.36. The van der Waals surface area contributed by atoms with Gasteiger partial charge in [-0.1, -0.05) is 25.2 Å². The number of amides is 1. The number of nitrogens with zero attached hydrogens (tertiary/aromatic N) is 2. The van der Waals surface area contributed by atoms with Gasteiger partial charge in [-0.25, -0.2) is 9.59 Å². The molecule has 0 radical (unpaired) electrons. The molecule has 2 fully saturated rings. The lowest BCUT2D eigenvalue weighted by Crippen LogP contribution is -2.48. The lowest BCUT2D eigenvalue weighted by Gasteiger charge is -2.26. The summed E-state index contributed by atoms with van der Waals surface area (Å²) in [4.78, 5) is 56.4. The van der Waals surface area contributed by atoms with Gasteiger partial charge in [-0.3, -0.25) is 19.1 Å². The Balaban J connectivity index is 1.55. The van der Waals surface area contributed by atoms with Crippen LogP contribution in [0.15, 0.2) is 9.59 Å². The number of fused-ring (bicyclic) bond motifs is 2. The van der Waals surface area contributed by atoms with E-state index < -0.39 is 64.5 Å². The average molecular weight is 556 g/mol. The van der Waals surface area contributed by atoms with Crippen LogP contribution in [0.4, 0.5) is 10.7 Å². The van der Waals surface area contributed by atoms with Gasteiger partial charge in [0.05, 0.1) is 0 Å². The molecule has 4 heterocycles. The standard InChI is InChI=1S/C23H33N5O9S/c1-9(2)11(25-20(31)37-22(3,4)5)18(30)33-8-10-12-13(36-23(6,7)35-12)17(34-10)28-15-14(38-21(28)32)16(29)27-19(24)26-15/h9-13,17H,8H2,1-7H3,(H,25,31)(H3,24,26,27,29)/t10-,11+,12-,13-,17-/m1/s1. The number of alkyl carbamates (subject to hydrolysis) is 1. The monoisotopic (exact) mass is 555 g/mol. The van der Waals surface area contributed by atoms with E-state index in [1.54, 1.807) is 48.5 Å². The number of nitrogens with two attached hydrogens (primary N) is 1. The minimum atomic E-state index is -1.03.